The molecule has 2 aliphatic heterocycles. The average molecular weight is 471 g/mol. The standard InChI is InChI=1S/2C13H17NOS/c2*1-11-2-4-12(5-3-11)10-13(16)14-6-8-15-9-7-14/h2*2-5H,6-10H2,1H3. The maximum atomic E-state index is 5.46. The molecule has 32 heavy (non-hydrogen) atoms. The first-order chi connectivity index (χ1) is 15.5. The molecular weight excluding hydrogens is 436 g/mol. The fourth-order valence-corrected chi connectivity index (χ4v) is 4.31. The van der Waals surface area contributed by atoms with Crippen LogP contribution in [0.3, 0.4) is 0 Å². The van der Waals surface area contributed by atoms with Crippen LogP contribution in [0.4, 0.5) is 0 Å². The second kappa shape index (κ2) is 13.0. The Balaban J connectivity index is 0.000000181. The Kier molecular flexibility index (Phi) is 10.1. The molecule has 2 saturated heterocycles. The minimum atomic E-state index is 0.800. The Morgan fingerprint density at radius 1 is 0.625 bits per heavy atom. The van der Waals surface area contributed by atoms with Crippen molar-refractivity contribution in [1.82, 2.24) is 9.80 Å². The van der Waals surface area contributed by atoms with Crippen LogP contribution in [0, 0.1) is 13.8 Å². The van der Waals surface area contributed by atoms with Gasteiger partial charge in [0.2, 0.25) is 0 Å². The molecule has 0 atom stereocenters. The Morgan fingerprint density at radius 2 is 0.938 bits per heavy atom. The first-order valence-electron chi connectivity index (χ1n) is 11.3. The highest BCUT2D eigenvalue weighted by Crippen LogP contribution is 2.09. The van der Waals surface area contributed by atoms with Crippen LogP contribution < -0.4 is 0 Å². The van der Waals surface area contributed by atoms with Crippen LogP contribution in [0.2, 0.25) is 0 Å². The normalized spacial score (nSPS) is 16.2. The molecule has 2 heterocycles. The smallest absolute Gasteiger partial charge is 0.0825 e. The molecule has 4 rings (SSSR count). The quantitative estimate of drug-likeness (QED) is 0.615. The van der Waals surface area contributed by atoms with Gasteiger partial charge in [-0.15, -0.1) is 0 Å². The Labute approximate surface area is 203 Å². The van der Waals surface area contributed by atoms with Gasteiger partial charge in [-0.3, -0.25) is 0 Å². The Bertz CT molecular complexity index is 783. The van der Waals surface area contributed by atoms with E-state index in [2.05, 4.69) is 72.2 Å². The number of rotatable bonds is 4. The molecule has 6 heteroatoms. The van der Waals surface area contributed by atoms with Gasteiger partial charge in [0.1, 0.15) is 0 Å². The number of nitrogens with zero attached hydrogens (tertiary/aromatic N) is 2. The molecule has 2 aromatic carbocycles. The lowest BCUT2D eigenvalue weighted by Gasteiger charge is -2.29. The molecule has 172 valence electrons. The maximum Gasteiger partial charge on any atom is 0.0825 e. The topological polar surface area (TPSA) is 24.9 Å². The zero-order valence-corrected chi connectivity index (χ0v) is 20.9. The van der Waals surface area contributed by atoms with Crippen LogP contribution >= 0.6 is 24.4 Å². The van der Waals surface area contributed by atoms with E-state index in [0.29, 0.717) is 0 Å². The van der Waals surface area contributed by atoms with E-state index in [1.807, 2.05) is 0 Å². The largest absolute Gasteiger partial charge is 0.378 e. The van der Waals surface area contributed by atoms with Gasteiger partial charge >= 0.3 is 0 Å². The van der Waals surface area contributed by atoms with Gasteiger partial charge < -0.3 is 19.3 Å². The summed E-state index contributed by atoms with van der Waals surface area (Å²) in [5.41, 5.74) is 5.17. The van der Waals surface area contributed by atoms with Crippen molar-refractivity contribution in [3.05, 3.63) is 70.8 Å². The zero-order valence-electron chi connectivity index (χ0n) is 19.2. The number of hydrogen-bond donors (Lipinski definition) is 0. The summed E-state index contributed by atoms with van der Waals surface area (Å²) in [5.74, 6) is 0. The minimum Gasteiger partial charge on any atom is -0.378 e. The summed E-state index contributed by atoms with van der Waals surface area (Å²) in [7, 11) is 0. The number of aryl methyl sites for hydroxylation is 2. The SMILES string of the molecule is Cc1ccc(CC(=S)N2CCOCC2)cc1.Cc1ccc(CC(=S)N2CCOCC2)cc1. The summed E-state index contributed by atoms with van der Waals surface area (Å²) in [6, 6.07) is 17.2. The number of ether oxygens (including phenoxy) is 2. The zero-order chi connectivity index (χ0) is 22.8. The summed E-state index contributed by atoms with van der Waals surface area (Å²) >= 11 is 10.9. The first-order valence-corrected chi connectivity index (χ1v) is 12.1. The molecule has 0 radical (unpaired) electrons. The van der Waals surface area contributed by atoms with Crippen molar-refractivity contribution in [2.24, 2.45) is 0 Å². The second-order valence-electron chi connectivity index (χ2n) is 8.31. The number of thiocarbonyl (C=S) groups is 2. The van der Waals surface area contributed by atoms with Crippen LogP contribution in [-0.2, 0) is 22.3 Å². The molecule has 2 aliphatic rings. The maximum absolute atomic E-state index is 5.46. The molecular formula is C26H34N2O2S2. The molecule has 0 spiro atoms. The van der Waals surface area contributed by atoms with Crippen LogP contribution in [0.5, 0.6) is 0 Å². The van der Waals surface area contributed by atoms with E-state index in [0.717, 1.165) is 75.4 Å². The third-order valence-corrected chi connectivity index (χ3v) is 6.48. The molecule has 0 N–H and O–H groups in total. The van der Waals surface area contributed by atoms with E-state index in [1.54, 1.807) is 0 Å². The highest BCUT2D eigenvalue weighted by molar-refractivity contribution is 7.80. The predicted molar refractivity (Wildman–Crippen MR) is 140 cm³/mol. The van der Waals surface area contributed by atoms with Crippen LogP contribution in [-0.4, -0.2) is 72.4 Å². The van der Waals surface area contributed by atoms with Gasteiger partial charge in [0.15, 0.2) is 0 Å². The van der Waals surface area contributed by atoms with E-state index < -0.39 is 0 Å². The van der Waals surface area contributed by atoms with Crippen LogP contribution in [0.25, 0.3) is 0 Å². The summed E-state index contributed by atoms with van der Waals surface area (Å²) in [6.07, 6.45) is 1.74. The predicted octanol–water partition coefficient (Wildman–Crippen LogP) is 4.39. The molecule has 0 saturated carbocycles. The van der Waals surface area contributed by atoms with Crippen LogP contribution in [0.15, 0.2) is 48.5 Å². The highest BCUT2D eigenvalue weighted by atomic mass is 32.1. The molecule has 0 aromatic heterocycles. The van der Waals surface area contributed by atoms with Gasteiger partial charge in [-0.2, -0.15) is 0 Å². The van der Waals surface area contributed by atoms with Gasteiger partial charge in [-0.05, 0) is 25.0 Å². The molecule has 4 nitrogen and oxygen atoms in total. The van der Waals surface area contributed by atoms with Gasteiger partial charge in [0.25, 0.3) is 0 Å². The van der Waals surface area contributed by atoms with Gasteiger partial charge in [-0.25, -0.2) is 0 Å². The van der Waals surface area contributed by atoms with E-state index in [1.165, 1.54) is 22.3 Å². The molecule has 0 amide bonds. The molecule has 0 aliphatic carbocycles. The Hall–Kier alpha value is -1.86. The number of hydrogen-bond acceptors (Lipinski definition) is 4. The molecule has 2 fully saturated rings. The molecule has 2 aromatic rings. The van der Waals surface area contributed by atoms with E-state index in [-0.39, 0.29) is 0 Å². The lowest BCUT2D eigenvalue weighted by molar-refractivity contribution is 0.0684. The second-order valence-corrected chi connectivity index (χ2v) is 9.25. The van der Waals surface area contributed by atoms with Crippen molar-refractivity contribution in [1.29, 1.82) is 0 Å². The fraction of sp³-hybridized carbons (Fsp3) is 0.462. The van der Waals surface area contributed by atoms with Crippen LogP contribution in [0.1, 0.15) is 22.3 Å². The van der Waals surface area contributed by atoms with Gasteiger partial charge in [-0.1, -0.05) is 84.1 Å². The third kappa shape index (κ3) is 8.24. The van der Waals surface area contributed by atoms with Crippen molar-refractivity contribution < 1.29 is 9.47 Å². The van der Waals surface area contributed by atoms with E-state index in [4.69, 9.17) is 33.9 Å². The average Bonchev–Trinajstić information content (AvgIpc) is 2.83. The number of morpholine rings is 2. The van der Waals surface area contributed by atoms with Gasteiger partial charge in [0.05, 0.1) is 36.4 Å². The number of benzene rings is 2. The summed E-state index contributed by atoms with van der Waals surface area (Å²) in [6.45, 7) is 11.1. The van der Waals surface area contributed by atoms with Crippen molar-refractivity contribution >= 4 is 34.4 Å². The summed E-state index contributed by atoms with van der Waals surface area (Å²) in [4.78, 5) is 6.57. The van der Waals surface area contributed by atoms with E-state index >= 15 is 0 Å². The van der Waals surface area contributed by atoms with Gasteiger partial charge in [0, 0.05) is 39.0 Å². The first kappa shape index (κ1) is 24.8. The fourth-order valence-electron chi connectivity index (χ4n) is 3.61. The third-order valence-electron chi connectivity index (χ3n) is 5.68. The lowest BCUT2D eigenvalue weighted by atomic mass is 10.1. The van der Waals surface area contributed by atoms with Crippen molar-refractivity contribution in [3.8, 4) is 0 Å². The van der Waals surface area contributed by atoms with Crippen molar-refractivity contribution in [2.45, 2.75) is 26.7 Å². The highest BCUT2D eigenvalue weighted by Gasteiger charge is 2.14. The molecule has 0 bridgehead atoms. The molecule has 0 unspecified atom stereocenters. The van der Waals surface area contributed by atoms with Crippen molar-refractivity contribution in [3.63, 3.8) is 0 Å². The minimum absolute atomic E-state index is 0.800. The lowest BCUT2D eigenvalue weighted by Crippen LogP contribution is -2.40. The van der Waals surface area contributed by atoms with Crippen molar-refractivity contribution in [2.75, 3.05) is 52.6 Å². The summed E-state index contributed by atoms with van der Waals surface area (Å²) < 4.78 is 10.6. The summed E-state index contributed by atoms with van der Waals surface area (Å²) in [5, 5.41) is 0. The monoisotopic (exact) mass is 470 g/mol. The Morgan fingerprint density at radius 3 is 1.25 bits per heavy atom. The van der Waals surface area contributed by atoms with E-state index in [9.17, 15) is 0 Å².